The number of carboxylic acid groups (broad SMARTS) is 7. The van der Waals surface area contributed by atoms with Crippen LogP contribution in [0.4, 0.5) is 111 Å². The van der Waals surface area contributed by atoms with Crippen LogP contribution in [-0.4, -0.2) is 187 Å². The van der Waals surface area contributed by atoms with Crippen LogP contribution in [0, 0.1) is 37.9 Å². The number of carbonyl (C=O) groups is 11. The molecule has 4 rings (SSSR count). The second-order valence-corrected chi connectivity index (χ2v) is 33.3. The van der Waals surface area contributed by atoms with Crippen LogP contribution >= 0.6 is 0 Å². The molecule has 0 aliphatic rings. The molecule has 1 unspecified atom stereocenters. The minimum atomic E-state index is -4.59. The average molecular weight is 1950 g/mol. The third-order valence-electron chi connectivity index (χ3n) is 18.6. The summed E-state index contributed by atoms with van der Waals surface area (Å²) in [7, 11) is 0. The molecule has 0 radical (unpaired) electrons. The van der Waals surface area contributed by atoms with Gasteiger partial charge in [0.05, 0.1) is 37.9 Å². The van der Waals surface area contributed by atoms with Crippen molar-refractivity contribution in [2.45, 2.75) is 261 Å². The largest absolute Gasteiger partial charge is 0.480 e. The molecule has 0 aliphatic heterocycles. The van der Waals surface area contributed by atoms with Gasteiger partial charge in [-0.25, -0.2) is 38.4 Å². The molecule has 29 nitrogen and oxygen atoms in total. The van der Waals surface area contributed by atoms with Gasteiger partial charge in [0.25, 0.3) is 0 Å². The van der Waals surface area contributed by atoms with E-state index in [0.29, 0.717) is 22.3 Å². The summed E-state index contributed by atoms with van der Waals surface area (Å²) in [6.45, 7) is 12.1. The molecule has 4 aromatic rings. The second kappa shape index (κ2) is 53.4. The van der Waals surface area contributed by atoms with Crippen molar-refractivity contribution >= 4 is 66.2 Å². The fourth-order valence-corrected chi connectivity index (χ4v) is 9.19. The lowest BCUT2D eigenvalue weighted by Crippen LogP contribution is -2.47. The molecule has 0 bridgehead atoms. The van der Waals surface area contributed by atoms with Crippen molar-refractivity contribution in [3.8, 4) is 0 Å². The van der Waals surface area contributed by atoms with Crippen LogP contribution in [0.1, 0.15) is 172 Å². The zero-order valence-corrected chi connectivity index (χ0v) is 72.8. The van der Waals surface area contributed by atoms with Crippen molar-refractivity contribution in [2.24, 2.45) is 55.1 Å². The number of amides is 4. The third-order valence-corrected chi connectivity index (χ3v) is 18.6. The Morgan fingerprint density at radius 2 is 0.364 bits per heavy atom. The van der Waals surface area contributed by atoms with Gasteiger partial charge in [0, 0.05) is 0 Å². The Labute approximate surface area is 744 Å². The number of alkyl halides is 21. The number of aliphatic carboxylic acids is 7. The summed E-state index contributed by atoms with van der Waals surface area (Å²) in [6.07, 6.45) is -41.0. The first-order valence-electron chi connectivity index (χ1n) is 38.1. The summed E-state index contributed by atoms with van der Waals surface area (Å²) >= 11 is 0. The van der Waals surface area contributed by atoms with E-state index in [1.54, 1.807) is 121 Å². The van der Waals surface area contributed by atoms with Crippen LogP contribution in [-0.2, 0) is 78.9 Å². The van der Waals surface area contributed by atoms with Crippen molar-refractivity contribution in [3.05, 3.63) is 144 Å². The van der Waals surface area contributed by atoms with E-state index in [9.17, 15) is 145 Å². The Morgan fingerprint density at radius 3 is 0.470 bits per heavy atom. The Bertz CT molecular complexity index is 3710. The van der Waals surface area contributed by atoms with E-state index in [-0.39, 0.29) is 33.9 Å². The molecule has 132 heavy (non-hydrogen) atoms. The highest BCUT2D eigenvalue weighted by atomic mass is 19.4. The summed E-state index contributed by atoms with van der Waals surface area (Å²) in [6, 6.07) is 23.2. The molecule has 7 atom stereocenters. The molecule has 4 amide bonds. The van der Waals surface area contributed by atoms with E-state index in [2.05, 4.69) is 0 Å². The van der Waals surface area contributed by atoms with Crippen LogP contribution < -0.4 is 38.5 Å². The quantitative estimate of drug-likeness (QED) is 0.0156. The number of benzene rings is 4. The minimum Gasteiger partial charge on any atom is -0.480 e. The van der Waals surface area contributed by atoms with Gasteiger partial charge in [0.2, 0.25) is 0 Å². The monoisotopic (exact) mass is 1950 g/mol. The predicted molar refractivity (Wildman–Crippen MR) is 429 cm³/mol. The number of nitrogens with two attached hydrogens (primary N) is 3. The summed E-state index contributed by atoms with van der Waals surface area (Å²) in [4.78, 5) is 121. The summed E-state index contributed by atoms with van der Waals surface area (Å²) < 4.78 is 283. The molecule has 0 saturated carbocycles. The van der Waals surface area contributed by atoms with E-state index in [0.717, 1.165) is 96.9 Å². The molecule has 4 aromatic carbocycles. The molecule has 754 valence electrons. The predicted octanol–water partition coefficient (Wildman–Crippen LogP) is 18.1. The van der Waals surface area contributed by atoms with Gasteiger partial charge >= 0.3 is 109 Å². The van der Waals surface area contributed by atoms with Crippen LogP contribution in [0.3, 0.4) is 0 Å². The van der Waals surface area contributed by atoms with Gasteiger partial charge in [-0.3, -0.25) is 14.4 Å². The first-order valence-corrected chi connectivity index (χ1v) is 38.1. The number of alkyl carbamates (subject to hydrolysis) is 4. The fourth-order valence-electron chi connectivity index (χ4n) is 9.19. The average Bonchev–Trinajstić information content (AvgIpc) is 0.859. The van der Waals surface area contributed by atoms with Gasteiger partial charge < -0.3 is 93.2 Å². The van der Waals surface area contributed by atoms with E-state index < -0.39 is 235 Å². The van der Waals surface area contributed by atoms with Gasteiger partial charge in [0.15, 0.2) is 0 Å². The Kier molecular flexibility index (Phi) is 51.3. The number of rotatable bonds is 33. The highest BCUT2D eigenvalue weighted by molar-refractivity contribution is 5.82. The molecule has 0 heterocycles. The number of carboxylic acids is 7. The molecule has 17 N–H and O–H groups in total. The number of halogens is 21. The normalized spacial score (nSPS) is 13.8. The molecular formula is C82H112F21N7O22. The maximum atomic E-state index is 12.8. The van der Waals surface area contributed by atoms with Crippen LogP contribution in [0.5, 0.6) is 0 Å². The van der Waals surface area contributed by atoms with Crippen LogP contribution in [0.2, 0.25) is 0 Å². The molecular weight excluding hydrogens is 1830 g/mol. The highest BCUT2D eigenvalue weighted by Gasteiger charge is 2.55. The van der Waals surface area contributed by atoms with Crippen LogP contribution in [0.15, 0.2) is 121 Å². The number of hydrogen-bond acceptors (Lipinski definition) is 18. The van der Waals surface area contributed by atoms with E-state index in [1.807, 2.05) is 21.3 Å². The smallest absolute Gasteiger partial charge is 0.408 e. The van der Waals surface area contributed by atoms with Crippen molar-refractivity contribution in [2.75, 3.05) is 0 Å². The fraction of sp³-hybridized carbons (Fsp3) is 0.573. The van der Waals surface area contributed by atoms with Crippen molar-refractivity contribution in [3.63, 3.8) is 0 Å². The molecule has 0 aromatic heterocycles. The molecule has 50 heteroatoms. The lowest BCUT2D eigenvalue weighted by Gasteiger charge is -2.30. The minimum absolute atomic E-state index is 0. The standard InChI is InChI=1S/4C15H18F3NO4.3C7H12F3NO2.CH4/c4*1-14(2,15(16,17)18)8-11(12(20)21)19-13(22)23-9-10-6-4-3-5-7-10;3*1-6(2,7(8,9)10)3-4(11)5(12)13;/h4*3-7,11H,8-9H2,1-2H3,(H,19,22)(H,20,21);3*4H,3,11H2,1-2H3,(H,12,13);1H4/t4*11-;2*4-;;/m110010../s1. The molecule has 0 saturated heterocycles. The second-order valence-electron chi connectivity index (χ2n) is 33.3. The lowest BCUT2D eigenvalue weighted by atomic mass is 9.85. The molecule has 0 fully saturated rings. The summed E-state index contributed by atoms with van der Waals surface area (Å²) in [5.74, 6) is -10.5. The Balaban J connectivity index is -0.000000734. The van der Waals surface area contributed by atoms with Crippen molar-refractivity contribution in [1.29, 1.82) is 0 Å². The van der Waals surface area contributed by atoms with Gasteiger partial charge in [-0.1, -0.05) is 226 Å². The van der Waals surface area contributed by atoms with Crippen molar-refractivity contribution < 1.29 is 200 Å². The van der Waals surface area contributed by atoms with E-state index >= 15 is 0 Å². The number of ether oxygens (including phenoxy) is 4. The van der Waals surface area contributed by atoms with Crippen LogP contribution in [0.25, 0.3) is 0 Å². The number of nitrogens with one attached hydrogen (secondary N) is 4. The third kappa shape index (κ3) is 49.2. The highest BCUT2D eigenvalue weighted by Crippen LogP contribution is 2.47. The molecule has 0 spiro atoms. The summed E-state index contributed by atoms with van der Waals surface area (Å²) in [5, 5.41) is 68.8. The first-order chi connectivity index (χ1) is 58.8. The van der Waals surface area contributed by atoms with E-state index in [1.165, 1.54) is 0 Å². The first kappa shape index (κ1) is 127. The van der Waals surface area contributed by atoms with Crippen molar-refractivity contribution in [1.82, 2.24) is 21.3 Å². The van der Waals surface area contributed by atoms with Gasteiger partial charge in [-0.15, -0.1) is 0 Å². The SMILES string of the molecule is C.CC(C)(CC(N)C(=O)O)C(F)(F)F.CC(C)(C[C@@H](N)C(=O)O)C(F)(F)F.CC(C)(C[C@@H](NC(=O)OCc1ccccc1)C(=O)O)C(F)(F)F.CC(C)(C[C@@H](NC(=O)OCc1ccccc1)C(=O)O)C(F)(F)F.CC(C)(C[C@H](N)C(=O)O)C(F)(F)F.CC(C)(C[C@H](NC(=O)OCc1ccccc1)C(=O)O)C(F)(F)F.CC(C)(C[C@H](NC(=O)OCc1ccccc1)C(=O)O)C(F)(F)F. The number of hydrogen-bond donors (Lipinski definition) is 14. The topological polar surface area (TPSA) is 492 Å². The van der Waals surface area contributed by atoms with Gasteiger partial charge in [-0.2, -0.15) is 92.2 Å². The Hall–Kier alpha value is -11.3. The van der Waals surface area contributed by atoms with Gasteiger partial charge in [-0.05, 0) is 67.2 Å². The molecule has 0 aliphatic carbocycles. The maximum absolute atomic E-state index is 12.8. The number of carbonyl (C=O) groups excluding carboxylic acids is 4. The summed E-state index contributed by atoms with van der Waals surface area (Å²) in [5.41, 5.74) is 2.45. The maximum Gasteiger partial charge on any atom is 0.408 e. The zero-order valence-electron chi connectivity index (χ0n) is 72.8. The van der Waals surface area contributed by atoms with E-state index in [4.69, 9.17) is 71.9 Å². The Morgan fingerprint density at radius 1 is 0.242 bits per heavy atom. The van der Waals surface area contributed by atoms with Gasteiger partial charge in [0.1, 0.15) is 68.7 Å². The zero-order chi connectivity index (χ0) is 103. The lowest BCUT2D eigenvalue weighted by molar-refractivity contribution is -0.216.